The summed E-state index contributed by atoms with van der Waals surface area (Å²) >= 11 is 3.17. The maximum atomic E-state index is 13.1. The molecule has 3 N–H and O–H groups in total. The van der Waals surface area contributed by atoms with Crippen molar-refractivity contribution in [1.29, 1.82) is 0 Å². The van der Waals surface area contributed by atoms with E-state index in [1.54, 1.807) is 12.1 Å². The Bertz CT molecular complexity index is 656. The van der Waals surface area contributed by atoms with Gasteiger partial charge in [-0.25, -0.2) is 4.39 Å². The van der Waals surface area contributed by atoms with E-state index in [1.807, 2.05) is 31.2 Å². The topological polar surface area (TPSA) is 50.4 Å². The Morgan fingerprint density at radius 3 is 2.81 bits per heavy atom. The molecule has 0 aliphatic rings. The van der Waals surface area contributed by atoms with Crippen LogP contribution in [0.4, 0.5) is 10.1 Å². The molecule has 0 aliphatic heterocycles. The molecule has 2 aromatic rings. The molecule has 0 amide bonds. The molecule has 21 heavy (non-hydrogen) atoms. The van der Waals surface area contributed by atoms with Gasteiger partial charge in [0.15, 0.2) is 5.96 Å². The summed E-state index contributed by atoms with van der Waals surface area (Å²) in [6.07, 6.45) is 0.703. The Morgan fingerprint density at radius 2 is 2.10 bits per heavy atom. The Kier molecular flexibility index (Phi) is 5.33. The first-order chi connectivity index (χ1) is 10.0. The van der Waals surface area contributed by atoms with Crippen molar-refractivity contribution in [1.82, 2.24) is 0 Å². The van der Waals surface area contributed by atoms with Gasteiger partial charge in [-0.2, -0.15) is 0 Å². The molecule has 0 saturated heterocycles. The lowest BCUT2D eigenvalue weighted by molar-refractivity contribution is 0.620. The zero-order valence-corrected chi connectivity index (χ0v) is 13.3. The fraction of sp³-hybridized carbons (Fsp3) is 0.188. The Balaban J connectivity index is 1.90. The quantitative estimate of drug-likeness (QED) is 0.650. The van der Waals surface area contributed by atoms with Crippen molar-refractivity contribution in [3.8, 4) is 0 Å². The summed E-state index contributed by atoms with van der Waals surface area (Å²) in [7, 11) is 0. The second-order valence-electron chi connectivity index (χ2n) is 4.76. The molecule has 0 atom stereocenters. The number of hydrogen-bond donors (Lipinski definition) is 2. The van der Waals surface area contributed by atoms with Gasteiger partial charge < -0.3 is 11.1 Å². The number of nitrogens with one attached hydrogen (secondary N) is 1. The largest absolute Gasteiger partial charge is 0.370 e. The lowest BCUT2D eigenvalue weighted by atomic mass is 10.1. The third-order valence-electron chi connectivity index (χ3n) is 2.96. The molecular weight excluding hydrogens is 333 g/mol. The summed E-state index contributed by atoms with van der Waals surface area (Å²) < 4.78 is 13.6. The van der Waals surface area contributed by atoms with Gasteiger partial charge in [0.25, 0.3) is 0 Å². The minimum atomic E-state index is -0.261. The summed E-state index contributed by atoms with van der Waals surface area (Å²) in [5.41, 5.74) is 8.93. The highest BCUT2D eigenvalue weighted by Gasteiger charge is 2.00. The molecule has 5 heteroatoms. The van der Waals surface area contributed by atoms with Gasteiger partial charge in [0.1, 0.15) is 5.82 Å². The minimum absolute atomic E-state index is 0.261. The number of aryl methyl sites for hydroxylation is 1. The SMILES string of the molecule is Cc1cccc(NC(N)=NCCc2ccc(F)c(Br)c2)c1. The van der Waals surface area contributed by atoms with Crippen LogP contribution in [0.2, 0.25) is 0 Å². The normalized spacial score (nSPS) is 11.5. The lowest BCUT2D eigenvalue weighted by Gasteiger charge is -2.06. The second kappa shape index (κ2) is 7.22. The van der Waals surface area contributed by atoms with E-state index in [-0.39, 0.29) is 5.82 Å². The fourth-order valence-electron chi connectivity index (χ4n) is 1.91. The van der Waals surface area contributed by atoms with E-state index in [1.165, 1.54) is 6.07 Å². The smallest absolute Gasteiger partial charge is 0.193 e. The van der Waals surface area contributed by atoms with Crippen molar-refractivity contribution >= 4 is 27.6 Å². The van der Waals surface area contributed by atoms with Crippen LogP contribution in [0.25, 0.3) is 0 Å². The number of benzene rings is 2. The molecule has 0 aliphatic carbocycles. The Labute approximate surface area is 132 Å². The molecule has 0 unspecified atom stereocenters. The van der Waals surface area contributed by atoms with Gasteiger partial charge in [0.2, 0.25) is 0 Å². The van der Waals surface area contributed by atoms with Gasteiger partial charge in [-0.15, -0.1) is 0 Å². The number of rotatable bonds is 4. The molecule has 0 spiro atoms. The molecule has 0 aromatic heterocycles. The maximum absolute atomic E-state index is 13.1. The zero-order chi connectivity index (χ0) is 15.2. The number of guanidine groups is 1. The summed E-state index contributed by atoms with van der Waals surface area (Å²) in [4.78, 5) is 4.27. The van der Waals surface area contributed by atoms with Crippen molar-refractivity contribution in [2.75, 3.05) is 11.9 Å². The van der Waals surface area contributed by atoms with Gasteiger partial charge in [0.05, 0.1) is 4.47 Å². The van der Waals surface area contributed by atoms with Gasteiger partial charge in [-0.3, -0.25) is 4.99 Å². The summed E-state index contributed by atoms with van der Waals surface area (Å²) in [5.74, 6) is 0.115. The lowest BCUT2D eigenvalue weighted by Crippen LogP contribution is -2.23. The van der Waals surface area contributed by atoms with Crippen LogP contribution in [0.1, 0.15) is 11.1 Å². The van der Waals surface area contributed by atoms with Crippen LogP contribution in [-0.2, 0) is 6.42 Å². The van der Waals surface area contributed by atoms with Gasteiger partial charge in [0, 0.05) is 12.2 Å². The molecule has 0 fully saturated rings. The van der Waals surface area contributed by atoms with Gasteiger partial charge in [-0.05, 0) is 64.7 Å². The van der Waals surface area contributed by atoms with E-state index in [0.717, 1.165) is 16.8 Å². The third kappa shape index (κ3) is 4.86. The average Bonchev–Trinajstić information content (AvgIpc) is 2.43. The van der Waals surface area contributed by atoms with Gasteiger partial charge in [-0.1, -0.05) is 18.2 Å². The first kappa shape index (κ1) is 15.5. The van der Waals surface area contributed by atoms with E-state index < -0.39 is 0 Å². The average molecular weight is 350 g/mol. The van der Waals surface area contributed by atoms with E-state index >= 15 is 0 Å². The van der Waals surface area contributed by atoms with Crippen LogP contribution in [0, 0.1) is 12.7 Å². The standard InChI is InChI=1S/C16H17BrFN3/c1-11-3-2-4-13(9-11)21-16(19)20-8-7-12-5-6-15(18)14(17)10-12/h2-6,9-10H,7-8H2,1H3,(H3,19,20,21). The molecule has 0 radical (unpaired) electrons. The highest BCUT2D eigenvalue weighted by molar-refractivity contribution is 9.10. The number of nitrogens with two attached hydrogens (primary N) is 1. The van der Waals surface area contributed by atoms with Crippen molar-refractivity contribution in [2.45, 2.75) is 13.3 Å². The van der Waals surface area contributed by atoms with Crippen LogP contribution in [0.15, 0.2) is 51.9 Å². The fourth-order valence-corrected chi connectivity index (χ4v) is 2.34. The van der Waals surface area contributed by atoms with E-state index in [2.05, 4.69) is 26.2 Å². The molecule has 2 aromatic carbocycles. The molecule has 3 nitrogen and oxygen atoms in total. The molecule has 0 saturated carbocycles. The maximum Gasteiger partial charge on any atom is 0.193 e. The summed E-state index contributed by atoms with van der Waals surface area (Å²) in [6.45, 7) is 2.56. The first-order valence-corrected chi connectivity index (χ1v) is 7.41. The van der Waals surface area contributed by atoms with Crippen LogP contribution < -0.4 is 11.1 Å². The Hall–Kier alpha value is -1.88. The molecule has 110 valence electrons. The highest BCUT2D eigenvalue weighted by Crippen LogP contribution is 2.17. The minimum Gasteiger partial charge on any atom is -0.370 e. The number of aliphatic imine (C=N–C) groups is 1. The monoisotopic (exact) mass is 349 g/mol. The summed E-state index contributed by atoms with van der Waals surface area (Å²) in [5, 5.41) is 3.05. The number of halogens is 2. The first-order valence-electron chi connectivity index (χ1n) is 6.62. The van der Waals surface area contributed by atoms with Crippen molar-refractivity contribution in [3.05, 3.63) is 63.9 Å². The van der Waals surface area contributed by atoms with Gasteiger partial charge >= 0.3 is 0 Å². The number of nitrogens with zero attached hydrogens (tertiary/aromatic N) is 1. The number of anilines is 1. The van der Waals surface area contributed by atoms with E-state index in [4.69, 9.17) is 5.73 Å². The van der Waals surface area contributed by atoms with E-state index in [9.17, 15) is 4.39 Å². The molecule has 0 bridgehead atoms. The van der Waals surface area contributed by atoms with E-state index in [0.29, 0.717) is 23.4 Å². The van der Waals surface area contributed by atoms with Crippen LogP contribution in [-0.4, -0.2) is 12.5 Å². The van der Waals surface area contributed by atoms with Crippen molar-refractivity contribution in [3.63, 3.8) is 0 Å². The van der Waals surface area contributed by atoms with Crippen molar-refractivity contribution < 1.29 is 4.39 Å². The second-order valence-corrected chi connectivity index (χ2v) is 5.61. The van der Waals surface area contributed by atoms with Crippen LogP contribution >= 0.6 is 15.9 Å². The van der Waals surface area contributed by atoms with Crippen LogP contribution in [0.5, 0.6) is 0 Å². The third-order valence-corrected chi connectivity index (χ3v) is 3.56. The number of hydrogen-bond acceptors (Lipinski definition) is 1. The predicted molar refractivity (Wildman–Crippen MR) is 89.1 cm³/mol. The van der Waals surface area contributed by atoms with Crippen molar-refractivity contribution in [2.24, 2.45) is 10.7 Å². The molecule has 2 rings (SSSR count). The van der Waals surface area contributed by atoms with Crippen LogP contribution in [0.3, 0.4) is 0 Å². The molecular formula is C16H17BrFN3. The summed E-state index contributed by atoms with van der Waals surface area (Å²) in [6, 6.07) is 12.9. The molecule has 0 heterocycles. The predicted octanol–water partition coefficient (Wildman–Crippen LogP) is 3.87. The Morgan fingerprint density at radius 1 is 1.29 bits per heavy atom. The zero-order valence-electron chi connectivity index (χ0n) is 11.7. The highest BCUT2D eigenvalue weighted by atomic mass is 79.9.